The van der Waals surface area contributed by atoms with E-state index in [4.69, 9.17) is 0 Å². The van der Waals surface area contributed by atoms with Gasteiger partial charge in [-0.15, -0.1) is 0 Å². The van der Waals surface area contributed by atoms with E-state index >= 15 is 0 Å². The third kappa shape index (κ3) is 2.99. The van der Waals surface area contributed by atoms with Crippen molar-refractivity contribution in [1.29, 1.82) is 0 Å². The van der Waals surface area contributed by atoms with Crippen LogP contribution < -0.4 is 4.74 Å². The molecule has 1 rings (SSSR count). The molecule has 0 bridgehead atoms. The summed E-state index contributed by atoms with van der Waals surface area (Å²) >= 11 is 3.08. The molecule has 0 aromatic heterocycles. The summed E-state index contributed by atoms with van der Waals surface area (Å²) in [6, 6.07) is 4.11. The zero-order valence-electron chi connectivity index (χ0n) is 7.42. The molecule has 3 nitrogen and oxygen atoms in total. The van der Waals surface area contributed by atoms with E-state index in [2.05, 4.69) is 25.4 Å². The number of rotatable bonds is 2. The molecular weight excluding hydrogens is 255 g/mol. The monoisotopic (exact) mass is 262 g/mol. The Morgan fingerprint density at radius 1 is 1.57 bits per heavy atom. The van der Waals surface area contributed by atoms with Crippen LogP contribution in [0.15, 0.2) is 22.7 Å². The minimum absolute atomic E-state index is 0.147. The van der Waals surface area contributed by atoms with Gasteiger partial charge in [0.05, 0.1) is 6.61 Å². The third-order valence-electron chi connectivity index (χ3n) is 1.35. The van der Waals surface area contributed by atoms with E-state index in [1.165, 1.54) is 12.1 Å². The second kappa shape index (κ2) is 4.95. The van der Waals surface area contributed by atoms with E-state index in [-0.39, 0.29) is 12.4 Å². The Labute approximate surface area is 88.9 Å². The molecule has 0 heterocycles. The smallest absolute Gasteiger partial charge is 0.434 e. The Morgan fingerprint density at radius 3 is 2.86 bits per heavy atom. The predicted octanol–water partition coefficient (Wildman–Crippen LogP) is 3.12. The Hall–Kier alpha value is -1.10. The van der Waals surface area contributed by atoms with Crippen LogP contribution in [0, 0.1) is 5.82 Å². The second-order valence-electron chi connectivity index (χ2n) is 2.36. The van der Waals surface area contributed by atoms with Crippen LogP contribution in [0.5, 0.6) is 5.75 Å². The van der Waals surface area contributed by atoms with Gasteiger partial charge >= 0.3 is 6.16 Å². The summed E-state index contributed by atoms with van der Waals surface area (Å²) < 4.78 is 22.7. The van der Waals surface area contributed by atoms with E-state index in [9.17, 15) is 9.18 Å². The van der Waals surface area contributed by atoms with Gasteiger partial charge in [-0.3, -0.25) is 0 Å². The van der Waals surface area contributed by atoms with Gasteiger partial charge in [-0.25, -0.2) is 9.18 Å². The summed E-state index contributed by atoms with van der Waals surface area (Å²) in [5.41, 5.74) is 0. The molecule has 0 saturated carbocycles. The van der Waals surface area contributed by atoms with Crippen LogP contribution >= 0.6 is 15.9 Å². The Kier molecular flexibility index (Phi) is 3.88. The van der Waals surface area contributed by atoms with Crippen molar-refractivity contribution in [2.45, 2.75) is 6.92 Å². The fourth-order valence-electron chi connectivity index (χ4n) is 0.795. The maximum Gasteiger partial charge on any atom is 0.513 e. The van der Waals surface area contributed by atoms with Crippen LogP contribution in [0.4, 0.5) is 9.18 Å². The van der Waals surface area contributed by atoms with Crippen molar-refractivity contribution in [3.05, 3.63) is 28.5 Å². The normalized spacial score (nSPS) is 9.64. The largest absolute Gasteiger partial charge is 0.513 e. The quantitative estimate of drug-likeness (QED) is 0.607. The molecular formula is C9H8BrFO3. The van der Waals surface area contributed by atoms with E-state index in [1.54, 1.807) is 13.0 Å². The van der Waals surface area contributed by atoms with Crippen molar-refractivity contribution in [2.24, 2.45) is 0 Å². The van der Waals surface area contributed by atoms with Crippen molar-refractivity contribution < 1.29 is 18.7 Å². The Balaban J connectivity index is 2.72. The fourth-order valence-corrected chi connectivity index (χ4v) is 1.13. The minimum atomic E-state index is -0.909. The van der Waals surface area contributed by atoms with Crippen molar-refractivity contribution in [1.82, 2.24) is 0 Å². The molecule has 0 saturated heterocycles. The summed E-state index contributed by atoms with van der Waals surface area (Å²) in [6.45, 7) is 1.83. The molecule has 14 heavy (non-hydrogen) atoms. The number of ether oxygens (including phenoxy) is 2. The number of carbonyl (C=O) groups is 1. The van der Waals surface area contributed by atoms with E-state index < -0.39 is 12.0 Å². The van der Waals surface area contributed by atoms with Crippen LogP contribution in [-0.4, -0.2) is 12.8 Å². The van der Waals surface area contributed by atoms with Crippen molar-refractivity contribution >= 4 is 22.1 Å². The van der Waals surface area contributed by atoms with Gasteiger partial charge in [-0.1, -0.05) is 15.9 Å². The van der Waals surface area contributed by atoms with E-state index in [1.807, 2.05) is 0 Å². The van der Waals surface area contributed by atoms with Crippen LogP contribution in [0.25, 0.3) is 0 Å². The van der Waals surface area contributed by atoms with Crippen LogP contribution in [0.2, 0.25) is 0 Å². The summed E-state index contributed by atoms with van der Waals surface area (Å²) in [4.78, 5) is 10.8. The van der Waals surface area contributed by atoms with Gasteiger partial charge in [0, 0.05) is 4.47 Å². The van der Waals surface area contributed by atoms with Crippen molar-refractivity contribution in [3.63, 3.8) is 0 Å². The van der Waals surface area contributed by atoms with E-state index in [0.29, 0.717) is 4.47 Å². The molecule has 0 fully saturated rings. The number of benzene rings is 1. The lowest BCUT2D eigenvalue weighted by molar-refractivity contribution is 0.103. The van der Waals surface area contributed by atoms with Gasteiger partial charge in [-0.05, 0) is 25.1 Å². The summed E-state index contributed by atoms with van der Waals surface area (Å²) in [5.74, 6) is -0.765. The molecule has 0 spiro atoms. The van der Waals surface area contributed by atoms with Gasteiger partial charge in [0.15, 0.2) is 11.6 Å². The fraction of sp³-hybridized carbons (Fsp3) is 0.222. The molecule has 1 aromatic rings. The number of hydrogen-bond acceptors (Lipinski definition) is 3. The zero-order valence-corrected chi connectivity index (χ0v) is 9.01. The van der Waals surface area contributed by atoms with Crippen molar-refractivity contribution in [2.75, 3.05) is 6.61 Å². The molecule has 76 valence electrons. The van der Waals surface area contributed by atoms with Gasteiger partial charge in [0.25, 0.3) is 0 Å². The summed E-state index contributed by atoms with van der Waals surface area (Å²) in [5, 5.41) is 0. The van der Waals surface area contributed by atoms with E-state index in [0.717, 1.165) is 0 Å². The lowest BCUT2D eigenvalue weighted by Gasteiger charge is -2.04. The molecule has 0 aliphatic rings. The number of carbonyl (C=O) groups excluding carboxylic acids is 1. The topological polar surface area (TPSA) is 35.5 Å². The van der Waals surface area contributed by atoms with Gasteiger partial charge < -0.3 is 9.47 Å². The molecule has 5 heteroatoms. The maximum absolute atomic E-state index is 13.1. The highest BCUT2D eigenvalue weighted by Crippen LogP contribution is 2.21. The standard InChI is InChI=1S/C9H8BrFO3/c1-2-13-9(12)14-8-4-3-6(10)5-7(8)11/h3-5H,2H2,1H3. The lowest BCUT2D eigenvalue weighted by Crippen LogP contribution is -2.10. The first-order chi connectivity index (χ1) is 6.63. The highest BCUT2D eigenvalue weighted by molar-refractivity contribution is 9.10. The third-order valence-corrected chi connectivity index (χ3v) is 1.84. The highest BCUT2D eigenvalue weighted by Gasteiger charge is 2.09. The predicted molar refractivity (Wildman–Crippen MR) is 51.8 cm³/mol. The van der Waals surface area contributed by atoms with Crippen LogP contribution in [0.3, 0.4) is 0 Å². The average molecular weight is 263 g/mol. The highest BCUT2D eigenvalue weighted by atomic mass is 79.9. The van der Waals surface area contributed by atoms with Crippen LogP contribution in [-0.2, 0) is 4.74 Å². The maximum atomic E-state index is 13.1. The van der Waals surface area contributed by atoms with Crippen molar-refractivity contribution in [3.8, 4) is 5.75 Å². The van der Waals surface area contributed by atoms with Gasteiger partial charge in [0.1, 0.15) is 0 Å². The van der Waals surface area contributed by atoms with Crippen LogP contribution in [0.1, 0.15) is 6.92 Å². The molecule has 0 unspecified atom stereocenters. The zero-order chi connectivity index (χ0) is 10.6. The first kappa shape index (κ1) is 11.0. The molecule has 0 N–H and O–H groups in total. The summed E-state index contributed by atoms with van der Waals surface area (Å²) in [7, 11) is 0. The Morgan fingerprint density at radius 2 is 2.29 bits per heavy atom. The molecule has 0 aliphatic carbocycles. The summed E-state index contributed by atoms with van der Waals surface area (Å²) in [6.07, 6.45) is -0.909. The molecule has 0 atom stereocenters. The SMILES string of the molecule is CCOC(=O)Oc1ccc(Br)cc1F. The minimum Gasteiger partial charge on any atom is -0.434 e. The number of hydrogen-bond donors (Lipinski definition) is 0. The lowest BCUT2D eigenvalue weighted by atomic mass is 10.3. The molecule has 0 radical (unpaired) electrons. The number of halogens is 2. The molecule has 0 amide bonds. The van der Waals surface area contributed by atoms with Gasteiger partial charge in [-0.2, -0.15) is 0 Å². The first-order valence-electron chi connectivity index (χ1n) is 3.93. The Bertz CT molecular complexity index is 341. The molecule has 0 aliphatic heterocycles. The molecule has 1 aromatic carbocycles. The average Bonchev–Trinajstić information content (AvgIpc) is 2.10. The van der Waals surface area contributed by atoms with Gasteiger partial charge in [0.2, 0.25) is 0 Å². The first-order valence-corrected chi connectivity index (χ1v) is 4.72. The second-order valence-corrected chi connectivity index (χ2v) is 3.28.